The zero-order chi connectivity index (χ0) is 18.5. The van der Waals surface area contributed by atoms with Gasteiger partial charge in [0.1, 0.15) is 12.5 Å². The Morgan fingerprint density at radius 3 is 2.65 bits per heavy atom. The quantitative estimate of drug-likeness (QED) is 0.690. The van der Waals surface area contributed by atoms with Gasteiger partial charge in [0, 0.05) is 30.4 Å². The zero-order valence-corrected chi connectivity index (χ0v) is 14.8. The number of nitrogens with zero attached hydrogens (tertiary/aromatic N) is 3. The summed E-state index contributed by atoms with van der Waals surface area (Å²) in [4.78, 5) is 15.7. The molecule has 0 atom stereocenters. The molecule has 1 amide bonds. The molecule has 0 aliphatic heterocycles. The highest BCUT2D eigenvalue weighted by atomic mass is 35.5. The van der Waals surface area contributed by atoms with Gasteiger partial charge >= 0.3 is 0 Å². The maximum Gasteiger partial charge on any atom is 0.217 e. The van der Waals surface area contributed by atoms with E-state index < -0.39 is 6.67 Å². The Hall–Kier alpha value is -2.93. The topological polar surface area (TPSA) is 71.8 Å². The van der Waals surface area contributed by atoms with Gasteiger partial charge in [0.25, 0.3) is 0 Å². The third kappa shape index (κ3) is 4.58. The van der Waals surface area contributed by atoms with Gasteiger partial charge in [0.2, 0.25) is 5.91 Å². The van der Waals surface area contributed by atoms with Crippen molar-refractivity contribution in [2.24, 2.45) is 0 Å². The molecule has 0 aliphatic rings. The van der Waals surface area contributed by atoms with Gasteiger partial charge in [-0.25, -0.2) is 14.1 Å². The molecule has 0 bridgehead atoms. The smallest absolute Gasteiger partial charge is 0.217 e. The predicted molar refractivity (Wildman–Crippen MR) is 98.4 cm³/mol. The van der Waals surface area contributed by atoms with Crippen molar-refractivity contribution in [2.45, 2.75) is 20.1 Å². The number of carbonyl (C=O) groups is 1. The molecule has 26 heavy (non-hydrogen) atoms. The number of rotatable bonds is 6. The van der Waals surface area contributed by atoms with E-state index in [9.17, 15) is 9.18 Å². The van der Waals surface area contributed by atoms with Crippen LogP contribution >= 0.6 is 11.6 Å². The highest BCUT2D eigenvalue weighted by Gasteiger charge is 2.08. The van der Waals surface area contributed by atoms with Crippen molar-refractivity contribution >= 4 is 29.0 Å². The molecule has 0 fully saturated rings. The molecule has 3 rings (SSSR count). The molecular weight excluding hydrogens is 357 g/mol. The first kappa shape index (κ1) is 17.9. The molecule has 134 valence electrons. The molecule has 8 heteroatoms. The van der Waals surface area contributed by atoms with Crippen molar-refractivity contribution in [1.82, 2.24) is 20.1 Å². The SMILES string of the molecule is CC(=O)NCc1cc(Nc2ccc(Cl)cc2)nc(-n2ccc(CF)n2)c1. The number of aromatic nitrogens is 3. The van der Waals surface area contributed by atoms with Gasteiger partial charge in [-0.1, -0.05) is 11.6 Å². The van der Waals surface area contributed by atoms with Crippen LogP contribution in [0.2, 0.25) is 5.02 Å². The fraction of sp³-hybridized carbons (Fsp3) is 0.167. The molecule has 2 heterocycles. The van der Waals surface area contributed by atoms with E-state index in [1.54, 1.807) is 30.5 Å². The van der Waals surface area contributed by atoms with Crippen molar-refractivity contribution in [2.75, 3.05) is 5.32 Å². The van der Waals surface area contributed by atoms with Crippen molar-refractivity contribution in [3.05, 3.63) is 64.9 Å². The van der Waals surface area contributed by atoms with E-state index in [-0.39, 0.29) is 5.91 Å². The molecule has 0 spiro atoms. The van der Waals surface area contributed by atoms with Gasteiger partial charge in [0.15, 0.2) is 5.82 Å². The number of pyridine rings is 1. The van der Waals surface area contributed by atoms with Crippen LogP contribution in [-0.2, 0) is 18.0 Å². The minimum Gasteiger partial charge on any atom is -0.352 e. The van der Waals surface area contributed by atoms with Gasteiger partial charge in [-0.3, -0.25) is 4.79 Å². The van der Waals surface area contributed by atoms with Crippen molar-refractivity contribution in [1.29, 1.82) is 0 Å². The number of benzene rings is 1. The number of anilines is 2. The molecule has 3 aromatic rings. The molecular formula is C18H17ClFN5O. The van der Waals surface area contributed by atoms with Crippen molar-refractivity contribution in [3.63, 3.8) is 0 Å². The van der Waals surface area contributed by atoms with E-state index in [4.69, 9.17) is 11.6 Å². The van der Waals surface area contributed by atoms with Gasteiger partial charge in [-0.15, -0.1) is 0 Å². The number of carbonyl (C=O) groups excluding carboxylic acids is 1. The second kappa shape index (κ2) is 7.97. The summed E-state index contributed by atoms with van der Waals surface area (Å²) in [6.45, 7) is 1.15. The first-order valence-corrected chi connectivity index (χ1v) is 8.30. The first-order valence-electron chi connectivity index (χ1n) is 7.92. The largest absolute Gasteiger partial charge is 0.352 e. The summed E-state index contributed by atoms with van der Waals surface area (Å²) in [6, 6.07) is 12.4. The van der Waals surface area contributed by atoms with E-state index in [2.05, 4.69) is 20.7 Å². The molecule has 1 aromatic carbocycles. The molecule has 0 aliphatic carbocycles. The zero-order valence-electron chi connectivity index (χ0n) is 14.0. The Morgan fingerprint density at radius 2 is 2.00 bits per heavy atom. The monoisotopic (exact) mass is 373 g/mol. The number of halogens is 2. The number of amides is 1. The summed E-state index contributed by atoms with van der Waals surface area (Å²) in [6.07, 6.45) is 1.64. The lowest BCUT2D eigenvalue weighted by atomic mass is 10.2. The molecule has 0 radical (unpaired) electrons. The molecule has 2 N–H and O–H groups in total. The van der Waals surface area contributed by atoms with E-state index in [0.29, 0.717) is 28.9 Å². The van der Waals surface area contributed by atoms with Crippen LogP contribution in [0.4, 0.5) is 15.9 Å². The predicted octanol–water partition coefficient (Wildman–Crippen LogP) is 3.77. The standard InChI is InChI=1S/C18H17ClFN5O/c1-12(26)21-11-13-8-17(22-15-4-2-14(19)3-5-15)23-18(9-13)25-7-6-16(10-20)24-25/h2-9H,10-11H2,1H3,(H,21,26)(H,22,23). The maximum absolute atomic E-state index is 12.8. The average Bonchev–Trinajstić information content (AvgIpc) is 3.11. The fourth-order valence-electron chi connectivity index (χ4n) is 2.32. The molecule has 0 unspecified atom stereocenters. The summed E-state index contributed by atoms with van der Waals surface area (Å²) < 4.78 is 14.3. The first-order chi connectivity index (χ1) is 12.5. The van der Waals surface area contributed by atoms with Crippen LogP contribution in [0, 0.1) is 0 Å². The molecule has 0 saturated carbocycles. The average molecular weight is 374 g/mol. The summed E-state index contributed by atoms with van der Waals surface area (Å²) in [7, 11) is 0. The lowest BCUT2D eigenvalue weighted by Gasteiger charge is -2.11. The fourth-order valence-corrected chi connectivity index (χ4v) is 2.45. The van der Waals surface area contributed by atoms with Crippen LogP contribution in [0.5, 0.6) is 0 Å². The van der Waals surface area contributed by atoms with E-state index in [1.165, 1.54) is 11.6 Å². The minimum absolute atomic E-state index is 0.130. The third-order valence-electron chi connectivity index (χ3n) is 3.55. The normalized spacial score (nSPS) is 10.6. The molecule has 2 aromatic heterocycles. The number of hydrogen-bond donors (Lipinski definition) is 2. The Bertz CT molecular complexity index is 910. The number of nitrogens with one attached hydrogen (secondary N) is 2. The highest BCUT2D eigenvalue weighted by molar-refractivity contribution is 6.30. The van der Waals surface area contributed by atoms with Gasteiger partial charge < -0.3 is 10.6 Å². The lowest BCUT2D eigenvalue weighted by molar-refractivity contribution is -0.119. The second-order valence-electron chi connectivity index (χ2n) is 5.65. The van der Waals surface area contributed by atoms with Crippen LogP contribution in [0.15, 0.2) is 48.7 Å². The van der Waals surface area contributed by atoms with Crippen molar-refractivity contribution < 1.29 is 9.18 Å². The van der Waals surface area contributed by atoms with Gasteiger partial charge in [-0.05, 0) is 48.0 Å². The lowest BCUT2D eigenvalue weighted by Crippen LogP contribution is -2.19. The molecule has 0 saturated heterocycles. The summed E-state index contributed by atoms with van der Waals surface area (Å²) in [5.41, 5.74) is 1.97. The van der Waals surface area contributed by atoms with E-state index in [0.717, 1.165) is 11.3 Å². The van der Waals surface area contributed by atoms with Gasteiger partial charge in [-0.2, -0.15) is 5.10 Å². The Kier molecular flexibility index (Phi) is 5.48. The summed E-state index contributed by atoms with van der Waals surface area (Å²) >= 11 is 5.91. The van der Waals surface area contributed by atoms with Crippen LogP contribution in [0.25, 0.3) is 5.82 Å². The van der Waals surface area contributed by atoms with Crippen LogP contribution in [-0.4, -0.2) is 20.7 Å². The summed E-state index contributed by atoms with van der Waals surface area (Å²) in [5.74, 6) is 0.959. The Labute approximate surface area is 155 Å². The van der Waals surface area contributed by atoms with Crippen LogP contribution in [0.3, 0.4) is 0 Å². The highest BCUT2D eigenvalue weighted by Crippen LogP contribution is 2.20. The number of alkyl halides is 1. The van der Waals surface area contributed by atoms with Crippen molar-refractivity contribution in [3.8, 4) is 5.82 Å². The molecule has 6 nitrogen and oxygen atoms in total. The second-order valence-corrected chi connectivity index (χ2v) is 6.08. The Morgan fingerprint density at radius 1 is 1.23 bits per heavy atom. The Balaban J connectivity index is 1.93. The van der Waals surface area contributed by atoms with E-state index >= 15 is 0 Å². The van der Waals surface area contributed by atoms with Gasteiger partial charge in [0.05, 0.1) is 5.69 Å². The number of hydrogen-bond acceptors (Lipinski definition) is 4. The third-order valence-corrected chi connectivity index (χ3v) is 3.80. The maximum atomic E-state index is 12.8. The van der Waals surface area contributed by atoms with E-state index in [1.807, 2.05) is 18.2 Å². The summed E-state index contributed by atoms with van der Waals surface area (Å²) in [5, 5.41) is 10.7. The minimum atomic E-state index is -0.644. The van der Waals surface area contributed by atoms with Crippen LogP contribution in [0.1, 0.15) is 18.2 Å². The van der Waals surface area contributed by atoms with Crippen LogP contribution < -0.4 is 10.6 Å².